The van der Waals surface area contributed by atoms with Gasteiger partial charge >= 0.3 is 12.2 Å². The van der Waals surface area contributed by atoms with E-state index in [0.717, 1.165) is 35.0 Å². The number of urea groups is 1. The highest BCUT2D eigenvalue weighted by molar-refractivity contribution is 5.99. The van der Waals surface area contributed by atoms with Crippen LogP contribution < -0.4 is 16.4 Å². The van der Waals surface area contributed by atoms with E-state index in [1.807, 2.05) is 13.1 Å². The molecular weight excluding hydrogens is 463 g/mol. The van der Waals surface area contributed by atoms with Crippen LogP contribution in [-0.4, -0.2) is 36.9 Å². The molecule has 0 aliphatic rings. The number of fused-ring (bicyclic) bond motifs is 1. The first-order chi connectivity index (χ1) is 16.5. The van der Waals surface area contributed by atoms with Gasteiger partial charge in [-0.1, -0.05) is 19.1 Å². The number of aromatic nitrogens is 4. The lowest BCUT2D eigenvalue weighted by molar-refractivity contribution is -0.137. The summed E-state index contributed by atoms with van der Waals surface area (Å²) in [7, 11) is 0. The molecule has 12 heteroatoms. The topological polar surface area (TPSA) is 130 Å². The van der Waals surface area contributed by atoms with Crippen LogP contribution in [0.2, 0.25) is 0 Å². The third-order valence-corrected chi connectivity index (χ3v) is 5.50. The Bertz CT molecular complexity index is 1370. The summed E-state index contributed by atoms with van der Waals surface area (Å²) in [6.07, 6.45) is -1.44. The maximum absolute atomic E-state index is 12.9. The number of hydrogen-bond acceptors (Lipinski definition) is 6. The summed E-state index contributed by atoms with van der Waals surface area (Å²) >= 11 is 0. The second-order valence-electron chi connectivity index (χ2n) is 7.99. The molecule has 2 atom stereocenters. The number of anilines is 2. The number of nitrogens with two attached hydrogens (primary N) is 1. The molecule has 0 fully saturated rings. The fraction of sp³-hybridized carbons (Fsp3) is 0.217. The van der Waals surface area contributed by atoms with Crippen LogP contribution in [0, 0.1) is 6.92 Å². The van der Waals surface area contributed by atoms with Gasteiger partial charge in [-0.05, 0) is 42.3 Å². The van der Waals surface area contributed by atoms with Gasteiger partial charge in [-0.15, -0.1) is 0 Å². The molecule has 0 saturated heterocycles. The van der Waals surface area contributed by atoms with Crippen LogP contribution in [0.15, 0.2) is 55.1 Å². The highest BCUT2D eigenvalue weighted by atomic mass is 19.4. The van der Waals surface area contributed by atoms with Gasteiger partial charge in [0.2, 0.25) is 0 Å². The molecule has 0 aliphatic carbocycles. The average Bonchev–Trinajstić information content (AvgIpc) is 3.14. The number of aryl methyl sites for hydroxylation is 1. The Labute approximate surface area is 197 Å². The second-order valence-corrected chi connectivity index (χ2v) is 7.99. The van der Waals surface area contributed by atoms with E-state index < -0.39 is 29.9 Å². The Morgan fingerprint density at radius 1 is 1.14 bits per heavy atom. The van der Waals surface area contributed by atoms with Crippen molar-refractivity contribution in [2.75, 3.05) is 10.6 Å². The molecule has 0 saturated carbocycles. The summed E-state index contributed by atoms with van der Waals surface area (Å²) in [5, 5.41) is 19.0. The standard InChI is InChI=1S/C23H22F3N7O2/c1-12-10-33-20(19(29-11-30-33)13(2)21(27)34)18(12)14-3-5-16(6-4-14)31-22(35)32-17-9-15(7-8-28-17)23(24,25)26/h3-11,13,21,34H,27H2,1-2H3,(H2,28,31,32,35). The molecule has 0 radical (unpaired) electrons. The summed E-state index contributed by atoms with van der Waals surface area (Å²) in [5.41, 5.74) is 9.06. The van der Waals surface area contributed by atoms with E-state index in [2.05, 4.69) is 25.7 Å². The van der Waals surface area contributed by atoms with Crippen molar-refractivity contribution in [1.29, 1.82) is 0 Å². The van der Waals surface area contributed by atoms with E-state index in [9.17, 15) is 23.1 Å². The zero-order valence-corrected chi connectivity index (χ0v) is 18.7. The lowest BCUT2D eigenvalue weighted by Gasteiger charge is -2.16. The first-order valence-corrected chi connectivity index (χ1v) is 10.5. The Morgan fingerprint density at radius 2 is 1.86 bits per heavy atom. The molecule has 3 aromatic heterocycles. The number of nitrogens with one attached hydrogen (secondary N) is 2. The number of benzene rings is 1. The van der Waals surface area contributed by atoms with Crippen molar-refractivity contribution < 1.29 is 23.1 Å². The van der Waals surface area contributed by atoms with E-state index in [4.69, 9.17) is 5.73 Å². The van der Waals surface area contributed by atoms with Gasteiger partial charge in [-0.25, -0.2) is 19.3 Å². The van der Waals surface area contributed by atoms with Crippen LogP contribution >= 0.6 is 0 Å². The van der Waals surface area contributed by atoms with Gasteiger partial charge in [0.15, 0.2) is 0 Å². The zero-order valence-electron chi connectivity index (χ0n) is 18.7. The average molecular weight is 485 g/mol. The molecule has 35 heavy (non-hydrogen) atoms. The van der Waals surface area contributed by atoms with E-state index in [1.54, 1.807) is 35.7 Å². The molecule has 2 unspecified atom stereocenters. The number of carbonyl (C=O) groups excluding carboxylic acids is 1. The van der Waals surface area contributed by atoms with Crippen LogP contribution in [0.4, 0.5) is 29.5 Å². The fourth-order valence-electron chi connectivity index (χ4n) is 3.69. The van der Waals surface area contributed by atoms with Crippen LogP contribution in [0.1, 0.15) is 29.7 Å². The Hall–Kier alpha value is -4.03. The van der Waals surface area contributed by atoms with E-state index in [1.165, 1.54) is 6.33 Å². The van der Waals surface area contributed by atoms with Gasteiger partial charge in [-0.3, -0.25) is 5.32 Å². The molecule has 4 aromatic rings. The molecule has 0 spiro atoms. The summed E-state index contributed by atoms with van der Waals surface area (Å²) in [4.78, 5) is 20.3. The quantitative estimate of drug-likeness (QED) is 0.314. The minimum absolute atomic E-state index is 0.228. The third-order valence-electron chi connectivity index (χ3n) is 5.50. The summed E-state index contributed by atoms with van der Waals surface area (Å²) < 4.78 is 40.2. The first kappa shape index (κ1) is 24.1. The highest BCUT2D eigenvalue weighted by Crippen LogP contribution is 2.34. The Kier molecular flexibility index (Phi) is 6.41. The minimum atomic E-state index is -4.54. The van der Waals surface area contributed by atoms with Gasteiger partial charge < -0.3 is 16.2 Å². The molecule has 2 amide bonds. The normalized spacial score (nSPS) is 13.5. The van der Waals surface area contributed by atoms with E-state index in [-0.39, 0.29) is 5.82 Å². The first-order valence-electron chi connectivity index (χ1n) is 10.5. The Morgan fingerprint density at radius 3 is 2.51 bits per heavy atom. The summed E-state index contributed by atoms with van der Waals surface area (Å²) in [6.45, 7) is 3.68. The lowest BCUT2D eigenvalue weighted by atomic mass is 9.98. The zero-order chi connectivity index (χ0) is 25.3. The van der Waals surface area contributed by atoms with Gasteiger partial charge in [0.1, 0.15) is 18.4 Å². The van der Waals surface area contributed by atoms with Crippen molar-refractivity contribution in [3.05, 3.63) is 71.9 Å². The SMILES string of the molecule is Cc1cn2ncnc(C(C)C(N)O)c2c1-c1ccc(NC(=O)Nc2cc(C(F)(F)F)ccn2)cc1. The molecule has 182 valence electrons. The van der Waals surface area contributed by atoms with Crippen molar-refractivity contribution in [3.63, 3.8) is 0 Å². The number of amides is 2. The number of nitrogens with zero attached hydrogens (tertiary/aromatic N) is 4. The number of halogens is 3. The molecule has 9 nitrogen and oxygen atoms in total. The van der Waals surface area contributed by atoms with Crippen LogP contribution in [0.3, 0.4) is 0 Å². The lowest BCUT2D eigenvalue weighted by Crippen LogP contribution is -2.27. The van der Waals surface area contributed by atoms with Crippen LogP contribution in [-0.2, 0) is 6.18 Å². The smallest absolute Gasteiger partial charge is 0.378 e. The monoisotopic (exact) mass is 485 g/mol. The molecule has 0 bridgehead atoms. The second kappa shape index (κ2) is 9.31. The number of aliphatic hydroxyl groups excluding tert-OH is 1. The van der Waals surface area contributed by atoms with Crippen molar-refractivity contribution >= 4 is 23.1 Å². The van der Waals surface area contributed by atoms with Crippen LogP contribution in [0.25, 0.3) is 16.6 Å². The van der Waals surface area contributed by atoms with Gasteiger partial charge in [-0.2, -0.15) is 18.3 Å². The van der Waals surface area contributed by atoms with Crippen molar-refractivity contribution in [3.8, 4) is 11.1 Å². The molecule has 4 rings (SSSR count). The van der Waals surface area contributed by atoms with Crippen molar-refractivity contribution in [2.24, 2.45) is 5.73 Å². The van der Waals surface area contributed by atoms with E-state index in [0.29, 0.717) is 16.9 Å². The van der Waals surface area contributed by atoms with E-state index >= 15 is 0 Å². The predicted octanol–water partition coefficient (Wildman–Crippen LogP) is 4.14. The third kappa shape index (κ3) is 5.08. The molecule has 5 N–H and O–H groups in total. The summed E-state index contributed by atoms with van der Waals surface area (Å²) in [5.74, 6) is -0.670. The molecule has 3 heterocycles. The Balaban J connectivity index is 1.56. The van der Waals surface area contributed by atoms with Gasteiger partial charge in [0.25, 0.3) is 0 Å². The van der Waals surface area contributed by atoms with Gasteiger partial charge in [0, 0.05) is 29.6 Å². The van der Waals surface area contributed by atoms with Gasteiger partial charge in [0.05, 0.1) is 16.8 Å². The largest absolute Gasteiger partial charge is 0.416 e. The summed E-state index contributed by atoms with van der Waals surface area (Å²) in [6, 6.07) is 7.70. The molecule has 0 aliphatic heterocycles. The number of aliphatic hydroxyl groups is 1. The number of alkyl halides is 3. The fourth-order valence-corrected chi connectivity index (χ4v) is 3.69. The number of rotatable bonds is 5. The number of carbonyl (C=O) groups is 1. The van der Waals surface area contributed by atoms with Crippen molar-refractivity contribution in [1.82, 2.24) is 19.6 Å². The predicted molar refractivity (Wildman–Crippen MR) is 124 cm³/mol. The highest BCUT2D eigenvalue weighted by Gasteiger charge is 2.31. The number of pyridine rings is 1. The van der Waals surface area contributed by atoms with Crippen molar-refractivity contribution in [2.45, 2.75) is 32.2 Å². The number of hydrogen-bond donors (Lipinski definition) is 4. The molecular formula is C23H22F3N7O2. The molecule has 1 aromatic carbocycles. The maximum Gasteiger partial charge on any atom is 0.416 e. The maximum atomic E-state index is 12.9. The van der Waals surface area contributed by atoms with Crippen LogP contribution in [0.5, 0.6) is 0 Å². The minimum Gasteiger partial charge on any atom is -0.378 e.